The first-order valence-electron chi connectivity index (χ1n) is 10.3. The van der Waals surface area contributed by atoms with Crippen LogP contribution < -0.4 is 11.1 Å². The molecule has 0 radical (unpaired) electrons. The zero-order valence-corrected chi connectivity index (χ0v) is 18.6. The normalized spacial score (nSPS) is 18.0. The van der Waals surface area contributed by atoms with Crippen LogP contribution in [0.5, 0.6) is 0 Å². The van der Waals surface area contributed by atoms with Crippen molar-refractivity contribution < 1.29 is 19.2 Å². The number of nitrogens with two attached hydrogens (primary N) is 1. The predicted molar refractivity (Wildman–Crippen MR) is 118 cm³/mol. The number of nitrogens with one attached hydrogen (secondary N) is 1. The van der Waals surface area contributed by atoms with Crippen LogP contribution in [-0.4, -0.2) is 35.1 Å². The van der Waals surface area contributed by atoms with E-state index >= 15 is 0 Å². The third-order valence-corrected chi connectivity index (χ3v) is 7.34. The highest BCUT2D eigenvalue weighted by Gasteiger charge is 2.37. The first kappa shape index (κ1) is 21.2. The molecule has 1 aliphatic heterocycles. The van der Waals surface area contributed by atoms with Crippen LogP contribution in [0, 0.1) is 11.3 Å². The van der Waals surface area contributed by atoms with Crippen LogP contribution in [0.2, 0.25) is 0 Å². The number of amides is 4. The summed E-state index contributed by atoms with van der Waals surface area (Å²) in [5.41, 5.74) is 7.63. The van der Waals surface area contributed by atoms with Gasteiger partial charge in [-0.15, -0.1) is 11.3 Å². The van der Waals surface area contributed by atoms with E-state index in [1.165, 1.54) is 11.3 Å². The summed E-state index contributed by atoms with van der Waals surface area (Å²) in [5, 5.41) is 3.13. The Balaban J connectivity index is 1.54. The lowest BCUT2D eigenvalue weighted by Crippen LogP contribution is -2.37. The van der Waals surface area contributed by atoms with Crippen LogP contribution in [-0.2, 0) is 17.6 Å². The number of carbonyl (C=O) groups is 4. The molecule has 1 atom stereocenters. The Morgan fingerprint density at radius 2 is 1.77 bits per heavy atom. The summed E-state index contributed by atoms with van der Waals surface area (Å²) in [6.07, 6.45) is 2.52. The number of carbonyl (C=O) groups excluding carboxylic acids is 4. The Morgan fingerprint density at radius 3 is 2.32 bits per heavy atom. The van der Waals surface area contributed by atoms with Crippen molar-refractivity contribution in [3.63, 3.8) is 0 Å². The number of primary amides is 1. The molecular weight excluding hydrogens is 414 g/mol. The maximum atomic E-state index is 12.7. The molecule has 7 nitrogen and oxygen atoms in total. The van der Waals surface area contributed by atoms with Crippen molar-refractivity contribution in [1.29, 1.82) is 0 Å². The topological polar surface area (TPSA) is 110 Å². The molecule has 162 valence electrons. The van der Waals surface area contributed by atoms with Gasteiger partial charge in [0.2, 0.25) is 5.91 Å². The van der Waals surface area contributed by atoms with Gasteiger partial charge in [0.1, 0.15) is 11.5 Å². The molecule has 0 spiro atoms. The number of rotatable bonds is 4. The highest BCUT2D eigenvalue weighted by Crippen LogP contribution is 2.44. The molecule has 0 fully saturated rings. The Bertz CT molecular complexity index is 1080. The second-order valence-corrected chi connectivity index (χ2v) is 10.3. The van der Waals surface area contributed by atoms with Gasteiger partial charge in [-0.3, -0.25) is 24.1 Å². The maximum Gasteiger partial charge on any atom is 0.262 e. The second-order valence-electron chi connectivity index (χ2n) is 9.17. The lowest BCUT2D eigenvalue weighted by Gasteiger charge is -2.33. The molecule has 0 bridgehead atoms. The number of hydrogen-bond acceptors (Lipinski definition) is 5. The van der Waals surface area contributed by atoms with Gasteiger partial charge in [-0.1, -0.05) is 32.9 Å². The van der Waals surface area contributed by atoms with Crippen LogP contribution in [0.15, 0.2) is 24.3 Å². The zero-order chi connectivity index (χ0) is 22.5. The van der Waals surface area contributed by atoms with E-state index in [-0.39, 0.29) is 16.5 Å². The number of imide groups is 1. The summed E-state index contributed by atoms with van der Waals surface area (Å²) in [4.78, 5) is 51.9. The van der Waals surface area contributed by atoms with E-state index in [0.29, 0.717) is 16.5 Å². The predicted octanol–water partition coefficient (Wildman–Crippen LogP) is 3.23. The molecule has 2 heterocycles. The standard InChI is InChI=1S/C23H25N3O4S/c1-23(2,3)12-8-9-15-16(10-12)31-20(18(15)19(24)28)25-17(27)11-26-21(29)13-6-4-5-7-14(13)22(26)30/h4-7,12H,8-11H2,1-3H3,(H2,24,28)(H,25,27). The van der Waals surface area contributed by atoms with E-state index in [1.54, 1.807) is 24.3 Å². The molecule has 4 amide bonds. The summed E-state index contributed by atoms with van der Waals surface area (Å²) < 4.78 is 0. The van der Waals surface area contributed by atoms with E-state index in [2.05, 4.69) is 26.1 Å². The summed E-state index contributed by atoms with van der Waals surface area (Å²) in [6.45, 7) is 6.19. The SMILES string of the molecule is CC(C)(C)C1CCc2c(sc(NC(=O)CN3C(=O)c4ccccc4C3=O)c2C(N)=O)C1. The van der Waals surface area contributed by atoms with Crippen molar-refractivity contribution in [2.75, 3.05) is 11.9 Å². The fraction of sp³-hybridized carbons (Fsp3) is 0.391. The van der Waals surface area contributed by atoms with Crippen LogP contribution in [0.25, 0.3) is 0 Å². The molecule has 1 unspecified atom stereocenters. The number of fused-ring (bicyclic) bond motifs is 2. The summed E-state index contributed by atoms with van der Waals surface area (Å²) in [7, 11) is 0. The molecule has 31 heavy (non-hydrogen) atoms. The number of hydrogen-bond donors (Lipinski definition) is 2. The largest absolute Gasteiger partial charge is 0.365 e. The highest BCUT2D eigenvalue weighted by molar-refractivity contribution is 7.17. The van der Waals surface area contributed by atoms with E-state index in [4.69, 9.17) is 5.73 Å². The smallest absolute Gasteiger partial charge is 0.262 e. The van der Waals surface area contributed by atoms with Gasteiger partial charge in [-0.05, 0) is 48.3 Å². The maximum absolute atomic E-state index is 12.7. The monoisotopic (exact) mass is 439 g/mol. The van der Waals surface area contributed by atoms with Gasteiger partial charge >= 0.3 is 0 Å². The molecule has 0 saturated heterocycles. The first-order valence-corrected chi connectivity index (χ1v) is 11.1. The van der Waals surface area contributed by atoms with Crippen molar-refractivity contribution in [3.8, 4) is 0 Å². The fourth-order valence-corrected chi connectivity index (χ4v) is 5.72. The summed E-state index contributed by atoms with van der Waals surface area (Å²) in [5.74, 6) is -1.64. The molecule has 2 aliphatic rings. The van der Waals surface area contributed by atoms with E-state index < -0.39 is 30.2 Å². The van der Waals surface area contributed by atoms with Gasteiger partial charge < -0.3 is 11.1 Å². The van der Waals surface area contributed by atoms with Gasteiger partial charge in [0.25, 0.3) is 17.7 Å². The van der Waals surface area contributed by atoms with Crippen molar-refractivity contribution in [2.45, 2.75) is 40.0 Å². The van der Waals surface area contributed by atoms with Gasteiger partial charge in [0, 0.05) is 4.88 Å². The Labute approximate surface area is 184 Å². The lowest BCUT2D eigenvalue weighted by atomic mass is 9.72. The Kier molecular flexibility index (Phi) is 5.21. The quantitative estimate of drug-likeness (QED) is 0.713. The van der Waals surface area contributed by atoms with Gasteiger partial charge in [-0.2, -0.15) is 0 Å². The molecule has 1 aromatic heterocycles. The third-order valence-electron chi connectivity index (χ3n) is 6.17. The van der Waals surface area contributed by atoms with Gasteiger partial charge in [0.15, 0.2) is 0 Å². The Hall–Kier alpha value is -3.00. The number of nitrogens with zero attached hydrogens (tertiary/aromatic N) is 1. The van der Waals surface area contributed by atoms with Gasteiger partial charge in [-0.25, -0.2) is 0 Å². The minimum Gasteiger partial charge on any atom is -0.365 e. The molecule has 4 rings (SSSR count). The van der Waals surface area contributed by atoms with E-state index in [9.17, 15) is 19.2 Å². The number of benzene rings is 1. The molecule has 1 aromatic carbocycles. The first-order chi connectivity index (χ1) is 14.6. The zero-order valence-electron chi connectivity index (χ0n) is 17.8. The summed E-state index contributed by atoms with van der Waals surface area (Å²) >= 11 is 1.36. The lowest BCUT2D eigenvalue weighted by molar-refractivity contribution is -0.116. The molecular formula is C23H25N3O4S. The van der Waals surface area contributed by atoms with E-state index in [1.807, 2.05) is 0 Å². The second kappa shape index (κ2) is 7.60. The van der Waals surface area contributed by atoms with Crippen molar-refractivity contribution in [1.82, 2.24) is 4.90 Å². The van der Waals surface area contributed by atoms with Crippen molar-refractivity contribution in [2.24, 2.45) is 17.1 Å². The van der Waals surface area contributed by atoms with E-state index in [0.717, 1.165) is 34.6 Å². The average molecular weight is 440 g/mol. The van der Waals surface area contributed by atoms with Crippen LogP contribution in [0.1, 0.15) is 68.7 Å². The fourth-order valence-electron chi connectivity index (χ4n) is 4.37. The van der Waals surface area contributed by atoms with Crippen LogP contribution in [0.4, 0.5) is 5.00 Å². The molecule has 2 aromatic rings. The number of thiophene rings is 1. The molecule has 0 saturated carbocycles. The molecule has 8 heteroatoms. The summed E-state index contributed by atoms with van der Waals surface area (Å²) in [6, 6.07) is 6.48. The average Bonchev–Trinajstić information content (AvgIpc) is 3.17. The number of anilines is 1. The highest BCUT2D eigenvalue weighted by atomic mass is 32.1. The minimum absolute atomic E-state index is 0.142. The third kappa shape index (κ3) is 3.76. The molecule has 1 aliphatic carbocycles. The van der Waals surface area contributed by atoms with Crippen molar-refractivity contribution >= 4 is 40.0 Å². The van der Waals surface area contributed by atoms with Crippen LogP contribution in [0.3, 0.4) is 0 Å². The molecule has 3 N–H and O–H groups in total. The van der Waals surface area contributed by atoms with Crippen LogP contribution >= 0.6 is 11.3 Å². The van der Waals surface area contributed by atoms with Gasteiger partial charge in [0.05, 0.1) is 16.7 Å². The minimum atomic E-state index is -0.581. The van der Waals surface area contributed by atoms with Crippen molar-refractivity contribution in [3.05, 3.63) is 51.4 Å². The Morgan fingerprint density at radius 1 is 1.16 bits per heavy atom.